The van der Waals surface area contributed by atoms with Crippen LogP contribution in [-0.4, -0.2) is 59.0 Å². The highest BCUT2D eigenvalue weighted by molar-refractivity contribution is 14.1. The SMILES string of the molecule is COc1c(I)cccc1CN1C[C@H](O)[C@@H]([C@H](C)O)[C@H]1C(=O)N[C@H]1C[C@H]2C[C@@H]([C@@H]1C)C2(C)C. The van der Waals surface area contributed by atoms with Gasteiger partial charge in [0.15, 0.2) is 0 Å². The number of carbonyl (C=O) groups is 1. The molecule has 0 radical (unpaired) electrons. The van der Waals surface area contributed by atoms with Gasteiger partial charge >= 0.3 is 0 Å². The van der Waals surface area contributed by atoms with Gasteiger partial charge in [0.1, 0.15) is 5.75 Å². The third-order valence-electron chi connectivity index (χ3n) is 8.76. The fraction of sp³-hybridized carbons (Fsp3) is 0.720. The number of para-hydroxylation sites is 1. The van der Waals surface area contributed by atoms with Crippen LogP contribution in [0, 0.1) is 32.7 Å². The lowest BCUT2D eigenvalue weighted by atomic mass is 9.45. The second-order valence-corrected chi connectivity index (χ2v) is 11.9. The molecule has 8 atom stereocenters. The van der Waals surface area contributed by atoms with Gasteiger partial charge in [-0.3, -0.25) is 9.69 Å². The first-order valence-corrected chi connectivity index (χ1v) is 12.9. The van der Waals surface area contributed by atoms with Crippen LogP contribution in [0.3, 0.4) is 0 Å². The predicted molar refractivity (Wildman–Crippen MR) is 132 cm³/mol. The lowest BCUT2D eigenvalue weighted by Gasteiger charge is -2.62. The van der Waals surface area contributed by atoms with E-state index in [0.717, 1.165) is 21.3 Å². The van der Waals surface area contributed by atoms with Gasteiger partial charge in [-0.05, 0) is 71.6 Å². The fourth-order valence-electron chi connectivity index (χ4n) is 6.75. The molecular formula is C25H37IN2O4. The molecule has 1 heterocycles. The molecule has 0 spiro atoms. The van der Waals surface area contributed by atoms with Gasteiger partial charge in [0.2, 0.25) is 5.91 Å². The molecule has 5 rings (SSSR count). The molecule has 178 valence electrons. The molecule has 4 fully saturated rings. The second-order valence-electron chi connectivity index (χ2n) is 10.8. The number of β-amino-alcohol motifs (C(OH)–C–C–N with tert-alkyl or cyclic N) is 1. The van der Waals surface area contributed by atoms with Crippen molar-refractivity contribution < 1.29 is 19.7 Å². The zero-order valence-corrected chi connectivity index (χ0v) is 21.9. The third-order valence-corrected chi connectivity index (χ3v) is 9.61. The number of ether oxygens (including phenoxy) is 1. The monoisotopic (exact) mass is 556 g/mol. The number of fused-ring (bicyclic) bond motifs is 2. The van der Waals surface area contributed by atoms with Crippen LogP contribution in [0.1, 0.15) is 46.1 Å². The average Bonchev–Trinajstić information content (AvgIpc) is 3.05. The summed E-state index contributed by atoms with van der Waals surface area (Å²) in [7, 11) is 1.65. The van der Waals surface area contributed by atoms with Gasteiger partial charge in [0.05, 0.1) is 28.9 Å². The van der Waals surface area contributed by atoms with Crippen LogP contribution in [0.25, 0.3) is 0 Å². The molecule has 3 saturated carbocycles. The molecule has 1 aliphatic heterocycles. The summed E-state index contributed by atoms with van der Waals surface area (Å²) in [6, 6.07) is 5.54. The molecule has 4 aliphatic rings. The smallest absolute Gasteiger partial charge is 0.238 e. The average molecular weight is 556 g/mol. The number of hydrogen-bond acceptors (Lipinski definition) is 5. The molecule has 0 aromatic heterocycles. The van der Waals surface area contributed by atoms with Crippen molar-refractivity contribution in [2.45, 2.75) is 71.4 Å². The fourth-order valence-corrected chi connectivity index (χ4v) is 7.53. The van der Waals surface area contributed by atoms with E-state index in [-0.39, 0.29) is 11.9 Å². The number of nitrogens with one attached hydrogen (secondary N) is 1. The second kappa shape index (κ2) is 9.04. The number of rotatable bonds is 6. The summed E-state index contributed by atoms with van der Waals surface area (Å²) in [4.78, 5) is 15.6. The number of nitrogens with zero attached hydrogens (tertiary/aromatic N) is 1. The maximum absolute atomic E-state index is 13.6. The number of hydrogen-bond donors (Lipinski definition) is 3. The molecule has 7 heteroatoms. The van der Waals surface area contributed by atoms with Gasteiger partial charge in [-0.2, -0.15) is 0 Å². The van der Waals surface area contributed by atoms with E-state index in [0.29, 0.717) is 36.3 Å². The third kappa shape index (κ3) is 4.07. The Labute approximate surface area is 205 Å². The number of methoxy groups -OCH3 is 1. The minimum absolute atomic E-state index is 0.0759. The number of amides is 1. The molecule has 6 nitrogen and oxygen atoms in total. The zero-order chi connectivity index (χ0) is 23.4. The highest BCUT2D eigenvalue weighted by Crippen LogP contribution is 2.61. The molecule has 1 amide bonds. The van der Waals surface area contributed by atoms with E-state index in [9.17, 15) is 15.0 Å². The number of benzene rings is 1. The topological polar surface area (TPSA) is 82.0 Å². The van der Waals surface area contributed by atoms with E-state index in [2.05, 4.69) is 48.7 Å². The van der Waals surface area contributed by atoms with Crippen LogP contribution in [0.5, 0.6) is 5.75 Å². The molecule has 0 unspecified atom stereocenters. The van der Waals surface area contributed by atoms with E-state index in [1.807, 2.05) is 23.1 Å². The van der Waals surface area contributed by atoms with Gasteiger partial charge in [0.25, 0.3) is 0 Å². The summed E-state index contributed by atoms with van der Waals surface area (Å²) in [5.74, 6) is 1.93. The first-order chi connectivity index (χ1) is 15.1. The Kier molecular flexibility index (Phi) is 6.85. The summed E-state index contributed by atoms with van der Waals surface area (Å²) in [6.07, 6.45) is 0.739. The highest BCUT2D eigenvalue weighted by atomic mass is 127. The largest absolute Gasteiger partial charge is 0.495 e. The van der Waals surface area contributed by atoms with Gasteiger partial charge in [-0.15, -0.1) is 0 Å². The van der Waals surface area contributed by atoms with E-state index in [1.54, 1.807) is 14.0 Å². The first kappa shape index (κ1) is 24.2. The van der Waals surface area contributed by atoms with Gasteiger partial charge < -0.3 is 20.3 Å². The number of aliphatic hydroxyl groups excluding tert-OH is 2. The Hall–Kier alpha value is -0.900. The van der Waals surface area contributed by atoms with Crippen molar-refractivity contribution in [3.8, 4) is 5.75 Å². The Morgan fingerprint density at radius 2 is 2.09 bits per heavy atom. The summed E-state index contributed by atoms with van der Waals surface area (Å²) in [5.41, 5.74) is 1.34. The van der Waals surface area contributed by atoms with Crippen molar-refractivity contribution in [2.24, 2.45) is 29.1 Å². The number of halogens is 1. The van der Waals surface area contributed by atoms with E-state index in [1.165, 1.54) is 6.42 Å². The lowest BCUT2D eigenvalue weighted by molar-refractivity contribution is -0.139. The lowest BCUT2D eigenvalue weighted by Crippen LogP contribution is -2.62. The molecule has 2 bridgehead atoms. The Morgan fingerprint density at radius 3 is 2.69 bits per heavy atom. The first-order valence-electron chi connectivity index (χ1n) is 11.8. The Balaban J connectivity index is 1.54. The highest BCUT2D eigenvalue weighted by Gasteiger charge is 2.57. The number of carbonyl (C=O) groups excluding carboxylic acids is 1. The summed E-state index contributed by atoms with van der Waals surface area (Å²) < 4.78 is 6.62. The van der Waals surface area contributed by atoms with E-state index in [4.69, 9.17) is 4.74 Å². The molecule has 32 heavy (non-hydrogen) atoms. The number of aliphatic hydroxyl groups is 2. The van der Waals surface area contributed by atoms with Crippen LogP contribution in [0.2, 0.25) is 0 Å². The molecule has 3 aliphatic carbocycles. The van der Waals surface area contributed by atoms with Crippen molar-refractivity contribution in [1.82, 2.24) is 10.2 Å². The van der Waals surface area contributed by atoms with Crippen molar-refractivity contribution in [1.29, 1.82) is 0 Å². The molecule has 3 N–H and O–H groups in total. The van der Waals surface area contributed by atoms with Crippen LogP contribution in [0.15, 0.2) is 18.2 Å². The van der Waals surface area contributed by atoms with Gasteiger partial charge in [-0.25, -0.2) is 0 Å². The van der Waals surface area contributed by atoms with Gasteiger partial charge in [0, 0.05) is 30.6 Å². The maximum Gasteiger partial charge on any atom is 0.238 e. The van der Waals surface area contributed by atoms with Crippen LogP contribution in [-0.2, 0) is 11.3 Å². The summed E-state index contributed by atoms with van der Waals surface area (Å²) in [5, 5.41) is 24.6. The minimum atomic E-state index is -0.778. The van der Waals surface area contributed by atoms with E-state index >= 15 is 0 Å². The predicted octanol–water partition coefficient (Wildman–Crippen LogP) is 3.03. The van der Waals surface area contributed by atoms with Crippen LogP contribution < -0.4 is 10.1 Å². The Morgan fingerprint density at radius 1 is 1.38 bits per heavy atom. The Bertz CT molecular complexity index is 860. The van der Waals surface area contributed by atoms with Crippen molar-refractivity contribution in [3.05, 3.63) is 27.3 Å². The molecular weight excluding hydrogens is 519 g/mol. The quantitative estimate of drug-likeness (QED) is 0.470. The van der Waals surface area contributed by atoms with Crippen molar-refractivity contribution in [2.75, 3.05) is 13.7 Å². The molecule has 1 aromatic rings. The van der Waals surface area contributed by atoms with Crippen molar-refractivity contribution >= 4 is 28.5 Å². The summed E-state index contributed by atoms with van der Waals surface area (Å²) in [6.45, 7) is 9.47. The normalized spacial score (nSPS) is 36.9. The maximum atomic E-state index is 13.6. The zero-order valence-electron chi connectivity index (χ0n) is 19.7. The van der Waals surface area contributed by atoms with Crippen LogP contribution >= 0.6 is 22.6 Å². The van der Waals surface area contributed by atoms with Gasteiger partial charge in [-0.1, -0.05) is 32.9 Å². The minimum Gasteiger partial charge on any atom is -0.495 e. The molecule has 1 aromatic carbocycles. The van der Waals surface area contributed by atoms with Crippen LogP contribution in [0.4, 0.5) is 0 Å². The number of likely N-dealkylation sites (tertiary alicyclic amines) is 1. The van der Waals surface area contributed by atoms with E-state index < -0.39 is 24.2 Å². The molecule has 1 saturated heterocycles. The summed E-state index contributed by atoms with van der Waals surface area (Å²) >= 11 is 2.25. The van der Waals surface area contributed by atoms with Crippen molar-refractivity contribution in [3.63, 3.8) is 0 Å². The standard InChI is InChI=1S/C25H37IN2O4/c1-13-17-9-16(25(17,3)4)10-19(13)27-24(31)22-21(14(2)29)20(30)12-28(22)11-15-7-6-8-18(26)23(15)32-5/h6-8,13-14,16-17,19-22,29-30H,9-12H2,1-5H3,(H,27,31)/t13-,14-,16+,17-,19-,20-,21+,22-/m0/s1.